The highest BCUT2D eigenvalue weighted by atomic mass is 79.9. The summed E-state index contributed by atoms with van der Waals surface area (Å²) in [5.74, 6) is -0.141. The Labute approximate surface area is 154 Å². The SMILES string of the molecule is Cc1ccsc1CNC(=O)C1CCCN1C(=O)c1ccc(Br)cc1. The molecule has 0 saturated carbocycles. The summed E-state index contributed by atoms with van der Waals surface area (Å²) in [4.78, 5) is 28.1. The minimum absolute atomic E-state index is 0.0641. The van der Waals surface area contributed by atoms with Crippen molar-refractivity contribution in [3.63, 3.8) is 0 Å². The molecule has 1 aliphatic rings. The number of likely N-dealkylation sites (tertiary alicyclic amines) is 1. The van der Waals surface area contributed by atoms with Gasteiger partial charge < -0.3 is 10.2 Å². The maximum atomic E-state index is 12.7. The molecule has 0 bridgehead atoms. The Morgan fingerprint density at radius 3 is 2.71 bits per heavy atom. The molecule has 1 aromatic carbocycles. The number of benzene rings is 1. The molecule has 4 nitrogen and oxygen atoms in total. The number of rotatable bonds is 4. The van der Waals surface area contributed by atoms with Crippen molar-refractivity contribution in [2.24, 2.45) is 0 Å². The molecule has 0 spiro atoms. The molecule has 0 aliphatic carbocycles. The van der Waals surface area contributed by atoms with Gasteiger partial charge in [0.15, 0.2) is 0 Å². The van der Waals surface area contributed by atoms with Crippen LogP contribution in [-0.4, -0.2) is 29.3 Å². The molecule has 1 unspecified atom stereocenters. The van der Waals surface area contributed by atoms with E-state index in [2.05, 4.69) is 21.2 Å². The Morgan fingerprint density at radius 1 is 1.29 bits per heavy atom. The van der Waals surface area contributed by atoms with Gasteiger partial charge in [-0.25, -0.2) is 0 Å². The largest absolute Gasteiger partial charge is 0.349 e. The van der Waals surface area contributed by atoms with Crippen molar-refractivity contribution in [1.82, 2.24) is 10.2 Å². The van der Waals surface area contributed by atoms with E-state index >= 15 is 0 Å². The number of carbonyl (C=O) groups is 2. The summed E-state index contributed by atoms with van der Waals surface area (Å²) in [5.41, 5.74) is 1.81. The van der Waals surface area contributed by atoms with E-state index in [0.29, 0.717) is 18.7 Å². The summed E-state index contributed by atoms with van der Waals surface area (Å²) in [6, 6.07) is 8.94. The zero-order chi connectivity index (χ0) is 17.1. The van der Waals surface area contributed by atoms with Crippen molar-refractivity contribution in [2.75, 3.05) is 6.54 Å². The molecular weight excluding hydrogens is 388 g/mol. The van der Waals surface area contributed by atoms with Crippen LogP contribution < -0.4 is 5.32 Å². The highest BCUT2D eigenvalue weighted by Gasteiger charge is 2.34. The Balaban J connectivity index is 1.66. The fourth-order valence-corrected chi connectivity index (χ4v) is 4.02. The molecule has 1 aliphatic heterocycles. The first-order chi connectivity index (χ1) is 11.6. The molecule has 0 radical (unpaired) electrons. The summed E-state index contributed by atoms with van der Waals surface area (Å²) < 4.78 is 0.932. The minimum atomic E-state index is -0.374. The maximum absolute atomic E-state index is 12.7. The maximum Gasteiger partial charge on any atom is 0.254 e. The van der Waals surface area contributed by atoms with Gasteiger partial charge in [0.1, 0.15) is 6.04 Å². The smallest absolute Gasteiger partial charge is 0.254 e. The van der Waals surface area contributed by atoms with Gasteiger partial charge in [-0.15, -0.1) is 11.3 Å². The van der Waals surface area contributed by atoms with Crippen LogP contribution in [0.15, 0.2) is 40.2 Å². The van der Waals surface area contributed by atoms with Crippen LogP contribution in [0.5, 0.6) is 0 Å². The lowest BCUT2D eigenvalue weighted by Gasteiger charge is -2.24. The standard InChI is InChI=1S/C18H19BrN2O2S/c1-12-8-10-24-16(12)11-20-17(22)15-3-2-9-21(15)18(23)13-4-6-14(19)7-5-13/h4-8,10,15H,2-3,9,11H2,1H3,(H,20,22). The summed E-state index contributed by atoms with van der Waals surface area (Å²) in [6.07, 6.45) is 1.58. The Bertz CT molecular complexity index is 742. The molecule has 2 heterocycles. The van der Waals surface area contributed by atoms with Gasteiger partial charge in [-0.1, -0.05) is 15.9 Å². The van der Waals surface area contributed by atoms with Crippen LogP contribution >= 0.6 is 27.3 Å². The van der Waals surface area contributed by atoms with Gasteiger partial charge >= 0.3 is 0 Å². The summed E-state index contributed by atoms with van der Waals surface area (Å²) in [6.45, 7) is 3.20. The number of amides is 2. The van der Waals surface area contributed by atoms with E-state index in [1.165, 1.54) is 5.56 Å². The van der Waals surface area contributed by atoms with Crippen LogP contribution in [-0.2, 0) is 11.3 Å². The predicted molar refractivity (Wildman–Crippen MR) is 99.1 cm³/mol. The molecule has 2 amide bonds. The van der Waals surface area contributed by atoms with Crippen molar-refractivity contribution < 1.29 is 9.59 Å². The molecule has 3 rings (SSSR count). The lowest BCUT2D eigenvalue weighted by Crippen LogP contribution is -2.45. The van der Waals surface area contributed by atoms with Crippen LogP contribution in [0.2, 0.25) is 0 Å². The Hall–Kier alpha value is -1.66. The third-order valence-electron chi connectivity index (χ3n) is 4.30. The zero-order valence-corrected chi connectivity index (χ0v) is 15.8. The highest BCUT2D eigenvalue weighted by Crippen LogP contribution is 2.22. The molecule has 126 valence electrons. The Morgan fingerprint density at radius 2 is 2.04 bits per heavy atom. The number of nitrogens with zero attached hydrogens (tertiary/aromatic N) is 1. The van der Waals surface area contributed by atoms with Gasteiger partial charge in [-0.3, -0.25) is 9.59 Å². The molecule has 1 aromatic heterocycles. The van der Waals surface area contributed by atoms with Gasteiger partial charge in [-0.05, 0) is 61.0 Å². The lowest BCUT2D eigenvalue weighted by molar-refractivity contribution is -0.125. The molecule has 6 heteroatoms. The van der Waals surface area contributed by atoms with E-state index in [1.54, 1.807) is 28.4 Å². The molecule has 2 aromatic rings. The van der Waals surface area contributed by atoms with Crippen LogP contribution in [0.25, 0.3) is 0 Å². The first-order valence-electron chi connectivity index (χ1n) is 7.93. The normalized spacial score (nSPS) is 17.1. The number of nitrogens with one attached hydrogen (secondary N) is 1. The molecule has 1 fully saturated rings. The van der Waals surface area contributed by atoms with Crippen molar-refractivity contribution in [3.05, 3.63) is 56.2 Å². The van der Waals surface area contributed by atoms with Gasteiger partial charge in [-0.2, -0.15) is 0 Å². The van der Waals surface area contributed by atoms with E-state index in [9.17, 15) is 9.59 Å². The van der Waals surface area contributed by atoms with Gasteiger partial charge in [0.2, 0.25) is 5.91 Å². The number of hydrogen-bond donors (Lipinski definition) is 1. The molecule has 1 atom stereocenters. The van der Waals surface area contributed by atoms with Crippen LogP contribution in [0.4, 0.5) is 0 Å². The topological polar surface area (TPSA) is 49.4 Å². The molecule has 1 saturated heterocycles. The second-order valence-electron chi connectivity index (χ2n) is 5.91. The number of carbonyl (C=O) groups excluding carboxylic acids is 2. The third-order valence-corrected chi connectivity index (χ3v) is 5.85. The summed E-state index contributed by atoms with van der Waals surface area (Å²) in [5, 5.41) is 5.01. The van der Waals surface area contributed by atoms with Crippen molar-refractivity contribution in [2.45, 2.75) is 32.4 Å². The average molecular weight is 407 g/mol. The van der Waals surface area contributed by atoms with E-state index in [-0.39, 0.29) is 17.9 Å². The van der Waals surface area contributed by atoms with Gasteiger partial charge in [0, 0.05) is 21.5 Å². The van der Waals surface area contributed by atoms with E-state index in [1.807, 2.05) is 30.5 Å². The van der Waals surface area contributed by atoms with Crippen LogP contribution in [0.1, 0.15) is 33.6 Å². The number of thiophene rings is 1. The summed E-state index contributed by atoms with van der Waals surface area (Å²) in [7, 11) is 0. The fraction of sp³-hybridized carbons (Fsp3) is 0.333. The predicted octanol–water partition coefficient (Wildman–Crippen LogP) is 3.74. The molecule has 1 N–H and O–H groups in total. The zero-order valence-electron chi connectivity index (χ0n) is 13.4. The van der Waals surface area contributed by atoms with Crippen molar-refractivity contribution >= 4 is 39.1 Å². The first-order valence-corrected chi connectivity index (χ1v) is 9.61. The summed E-state index contributed by atoms with van der Waals surface area (Å²) >= 11 is 5.01. The second kappa shape index (κ2) is 7.49. The number of aryl methyl sites for hydroxylation is 1. The average Bonchev–Trinajstić information content (AvgIpc) is 3.21. The van der Waals surface area contributed by atoms with Crippen LogP contribution in [0.3, 0.4) is 0 Å². The van der Waals surface area contributed by atoms with Crippen molar-refractivity contribution in [1.29, 1.82) is 0 Å². The molecular formula is C18H19BrN2O2S. The highest BCUT2D eigenvalue weighted by molar-refractivity contribution is 9.10. The number of halogens is 1. The lowest BCUT2D eigenvalue weighted by atomic mass is 10.1. The van der Waals surface area contributed by atoms with E-state index in [4.69, 9.17) is 0 Å². The quantitative estimate of drug-likeness (QED) is 0.840. The van der Waals surface area contributed by atoms with E-state index < -0.39 is 0 Å². The monoisotopic (exact) mass is 406 g/mol. The van der Waals surface area contributed by atoms with Gasteiger partial charge in [0.05, 0.1) is 6.54 Å². The van der Waals surface area contributed by atoms with Crippen molar-refractivity contribution in [3.8, 4) is 0 Å². The minimum Gasteiger partial charge on any atom is -0.349 e. The third kappa shape index (κ3) is 3.70. The molecule has 24 heavy (non-hydrogen) atoms. The number of hydrogen-bond acceptors (Lipinski definition) is 3. The second-order valence-corrected chi connectivity index (χ2v) is 7.82. The Kier molecular flexibility index (Phi) is 5.36. The van der Waals surface area contributed by atoms with Crippen LogP contribution in [0, 0.1) is 6.92 Å². The van der Waals surface area contributed by atoms with Gasteiger partial charge in [0.25, 0.3) is 5.91 Å². The first kappa shape index (κ1) is 17.2. The van der Waals surface area contributed by atoms with E-state index in [0.717, 1.165) is 22.2 Å². The fourth-order valence-electron chi connectivity index (χ4n) is 2.91.